The molecular weight excluding hydrogens is 194 g/mol. The first-order valence-electron chi connectivity index (χ1n) is 7.43. The molecule has 1 atom stereocenters. The molecule has 0 aromatic rings. The molecule has 0 aromatic heterocycles. The molecule has 1 heteroatoms. The van der Waals surface area contributed by atoms with Crippen molar-refractivity contribution in [1.29, 1.82) is 0 Å². The van der Waals surface area contributed by atoms with Crippen LogP contribution in [0.3, 0.4) is 0 Å². The smallest absolute Gasteiger partial charge is 0.0120 e. The summed E-state index contributed by atoms with van der Waals surface area (Å²) in [4.78, 5) is 0. The number of nitrogens with one attached hydrogen (secondary N) is 1. The van der Waals surface area contributed by atoms with Crippen LogP contribution >= 0.6 is 0 Å². The van der Waals surface area contributed by atoms with E-state index in [9.17, 15) is 0 Å². The Morgan fingerprint density at radius 3 is 1.94 bits per heavy atom. The molecule has 0 amide bonds. The molecular formula is C15H31N. The minimum atomic E-state index is 0.771. The van der Waals surface area contributed by atoms with Gasteiger partial charge in [0, 0.05) is 6.04 Å². The summed E-state index contributed by atoms with van der Waals surface area (Å²) < 4.78 is 0. The molecule has 0 aliphatic heterocycles. The average molecular weight is 225 g/mol. The fraction of sp³-hybridized carbons (Fsp3) is 1.00. The number of hydrogen-bond donors (Lipinski definition) is 1. The lowest BCUT2D eigenvalue weighted by atomic mass is 9.73. The molecule has 16 heavy (non-hydrogen) atoms. The van der Waals surface area contributed by atoms with E-state index in [2.05, 4.69) is 33.1 Å². The Labute approximate surface area is 102 Å². The Balaban J connectivity index is 2.48. The van der Waals surface area contributed by atoms with Gasteiger partial charge in [-0.2, -0.15) is 0 Å². The largest absolute Gasteiger partial charge is 0.316 e. The van der Waals surface area contributed by atoms with E-state index >= 15 is 0 Å². The molecule has 0 aromatic carbocycles. The summed E-state index contributed by atoms with van der Waals surface area (Å²) in [6.45, 7) is 7.04. The molecule has 0 bridgehead atoms. The average Bonchev–Trinajstić information content (AvgIpc) is 2.36. The Morgan fingerprint density at radius 2 is 1.56 bits per heavy atom. The molecule has 1 unspecified atom stereocenters. The first-order valence-corrected chi connectivity index (χ1v) is 7.43. The van der Waals surface area contributed by atoms with Gasteiger partial charge in [0.05, 0.1) is 0 Å². The summed E-state index contributed by atoms with van der Waals surface area (Å²) in [5.74, 6) is 2.85. The fourth-order valence-corrected chi connectivity index (χ4v) is 3.61. The highest BCUT2D eigenvalue weighted by Crippen LogP contribution is 2.35. The van der Waals surface area contributed by atoms with Gasteiger partial charge >= 0.3 is 0 Å². The quantitative estimate of drug-likeness (QED) is 0.713. The Bertz CT molecular complexity index is 166. The van der Waals surface area contributed by atoms with E-state index in [-0.39, 0.29) is 0 Å². The lowest BCUT2D eigenvalue weighted by Gasteiger charge is -2.37. The Kier molecular flexibility index (Phi) is 6.41. The zero-order valence-corrected chi connectivity index (χ0v) is 11.8. The van der Waals surface area contributed by atoms with Gasteiger partial charge in [-0.3, -0.25) is 0 Å². The van der Waals surface area contributed by atoms with Crippen LogP contribution in [0.5, 0.6) is 0 Å². The van der Waals surface area contributed by atoms with Crippen molar-refractivity contribution < 1.29 is 0 Å². The van der Waals surface area contributed by atoms with Crippen molar-refractivity contribution in [2.24, 2.45) is 17.8 Å². The third-order valence-electron chi connectivity index (χ3n) is 4.87. The van der Waals surface area contributed by atoms with Crippen molar-refractivity contribution in [3.8, 4) is 0 Å². The second kappa shape index (κ2) is 7.32. The van der Waals surface area contributed by atoms with Crippen LogP contribution in [0.15, 0.2) is 0 Å². The van der Waals surface area contributed by atoms with Crippen LogP contribution in [0.1, 0.15) is 65.7 Å². The van der Waals surface area contributed by atoms with Gasteiger partial charge in [-0.15, -0.1) is 0 Å². The first kappa shape index (κ1) is 14.0. The fourth-order valence-electron chi connectivity index (χ4n) is 3.61. The van der Waals surface area contributed by atoms with E-state index in [0.29, 0.717) is 0 Å². The van der Waals surface area contributed by atoms with Crippen LogP contribution in [-0.4, -0.2) is 13.1 Å². The molecule has 1 aliphatic carbocycles. The minimum absolute atomic E-state index is 0.771. The van der Waals surface area contributed by atoms with Gasteiger partial charge in [-0.1, -0.05) is 52.9 Å². The molecule has 1 N–H and O–H groups in total. The molecule has 0 radical (unpaired) electrons. The standard InChI is InChI=1S/C15H31N/c1-5-12-8-10-14(11-9-12)15(16-4)13(6-2)7-3/h12-16H,5-11H2,1-4H3. The molecule has 1 saturated carbocycles. The molecule has 1 aliphatic rings. The molecule has 1 rings (SSSR count). The lowest BCUT2D eigenvalue weighted by molar-refractivity contribution is 0.176. The predicted molar refractivity (Wildman–Crippen MR) is 72.7 cm³/mol. The summed E-state index contributed by atoms with van der Waals surface area (Å²) in [7, 11) is 2.16. The molecule has 96 valence electrons. The molecule has 0 heterocycles. The lowest BCUT2D eigenvalue weighted by Crippen LogP contribution is -2.41. The minimum Gasteiger partial charge on any atom is -0.316 e. The SMILES string of the molecule is CCC1CCC(C(NC)C(CC)CC)CC1. The van der Waals surface area contributed by atoms with Crippen LogP contribution < -0.4 is 5.32 Å². The summed E-state index contributed by atoms with van der Waals surface area (Å²) >= 11 is 0. The van der Waals surface area contributed by atoms with Gasteiger partial charge < -0.3 is 5.32 Å². The summed E-state index contributed by atoms with van der Waals surface area (Å²) in [6, 6.07) is 0.771. The molecule has 0 saturated heterocycles. The van der Waals surface area contributed by atoms with Crippen LogP contribution in [0.4, 0.5) is 0 Å². The number of hydrogen-bond acceptors (Lipinski definition) is 1. The summed E-state index contributed by atoms with van der Waals surface area (Å²) in [5.41, 5.74) is 0. The number of rotatable bonds is 6. The van der Waals surface area contributed by atoms with Crippen molar-refractivity contribution in [2.45, 2.75) is 71.8 Å². The van der Waals surface area contributed by atoms with E-state index < -0.39 is 0 Å². The second-order valence-corrected chi connectivity index (χ2v) is 5.58. The van der Waals surface area contributed by atoms with Crippen molar-refractivity contribution >= 4 is 0 Å². The molecule has 1 fully saturated rings. The normalized spacial score (nSPS) is 28.3. The van der Waals surface area contributed by atoms with Crippen LogP contribution in [0, 0.1) is 17.8 Å². The highest BCUT2D eigenvalue weighted by Gasteiger charge is 2.29. The van der Waals surface area contributed by atoms with E-state index in [4.69, 9.17) is 0 Å². The maximum absolute atomic E-state index is 3.61. The zero-order valence-electron chi connectivity index (χ0n) is 11.8. The van der Waals surface area contributed by atoms with E-state index in [0.717, 1.165) is 23.8 Å². The molecule has 0 spiro atoms. The van der Waals surface area contributed by atoms with Crippen LogP contribution in [-0.2, 0) is 0 Å². The van der Waals surface area contributed by atoms with Gasteiger partial charge in [0.15, 0.2) is 0 Å². The third kappa shape index (κ3) is 3.48. The van der Waals surface area contributed by atoms with Gasteiger partial charge in [0.25, 0.3) is 0 Å². The Hall–Kier alpha value is -0.0400. The van der Waals surface area contributed by atoms with Crippen molar-refractivity contribution in [3.63, 3.8) is 0 Å². The Morgan fingerprint density at radius 1 is 1.00 bits per heavy atom. The monoisotopic (exact) mass is 225 g/mol. The first-order chi connectivity index (χ1) is 7.76. The third-order valence-corrected chi connectivity index (χ3v) is 4.87. The maximum Gasteiger partial charge on any atom is 0.0120 e. The van der Waals surface area contributed by atoms with E-state index in [1.54, 1.807) is 0 Å². The topological polar surface area (TPSA) is 12.0 Å². The van der Waals surface area contributed by atoms with E-state index in [1.807, 2.05) is 0 Å². The van der Waals surface area contributed by atoms with Crippen LogP contribution in [0.25, 0.3) is 0 Å². The maximum atomic E-state index is 3.61. The van der Waals surface area contributed by atoms with Gasteiger partial charge in [-0.05, 0) is 37.6 Å². The van der Waals surface area contributed by atoms with Crippen molar-refractivity contribution in [3.05, 3.63) is 0 Å². The van der Waals surface area contributed by atoms with Crippen molar-refractivity contribution in [1.82, 2.24) is 5.32 Å². The molecule has 1 nitrogen and oxygen atoms in total. The van der Waals surface area contributed by atoms with Gasteiger partial charge in [0.2, 0.25) is 0 Å². The second-order valence-electron chi connectivity index (χ2n) is 5.58. The highest BCUT2D eigenvalue weighted by atomic mass is 14.9. The summed E-state index contributed by atoms with van der Waals surface area (Å²) in [6.07, 6.45) is 9.91. The zero-order chi connectivity index (χ0) is 12.0. The summed E-state index contributed by atoms with van der Waals surface area (Å²) in [5, 5.41) is 3.61. The van der Waals surface area contributed by atoms with Gasteiger partial charge in [-0.25, -0.2) is 0 Å². The van der Waals surface area contributed by atoms with Crippen LogP contribution in [0.2, 0.25) is 0 Å². The van der Waals surface area contributed by atoms with E-state index in [1.165, 1.54) is 44.9 Å². The highest BCUT2D eigenvalue weighted by molar-refractivity contribution is 4.84. The van der Waals surface area contributed by atoms with Gasteiger partial charge in [0.1, 0.15) is 0 Å². The predicted octanol–water partition coefficient (Wildman–Crippen LogP) is 4.23. The van der Waals surface area contributed by atoms with Crippen molar-refractivity contribution in [2.75, 3.05) is 7.05 Å².